The summed E-state index contributed by atoms with van der Waals surface area (Å²) in [5.74, 6) is 0.268. The van der Waals surface area contributed by atoms with Gasteiger partial charge in [0.1, 0.15) is 0 Å². The fraction of sp³-hybridized carbons (Fsp3) is 0.467. The molecule has 1 aliphatic heterocycles. The first-order valence-corrected chi connectivity index (χ1v) is 6.82. The molecule has 0 bridgehead atoms. The summed E-state index contributed by atoms with van der Waals surface area (Å²) in [5, 5.41) is 0. The van der Waals surface area contributed by atoms with Gasteiger partial charge < -0.3 is 19.1 Å². The van der Waals surface area contributed by atoms with E-state index in [1.54, 1.807) is 17.0 Å². The third kappa shape index (κ3) is 3.65. The van der Waals surface area contributed by atoms with Crippen LogP contribution < -0.4 is 9.47 Å². The second-order valence-electron chi connectivity index (χ2n) is 4.73. The van der Waals surface area contributed by atoms with Crippen LogP contribution >= 0.6 is 0 Å². The van der Waals surface area contributed by atoms with Gasteiger partial charge in [-0.15, -0.1) is 0 Å². The van der Waals surface area contributed by atoms with Crippen LogP contribution in [0.15, 0.2) is 18.2 Å². The Hall–Kier alpha value is -2.24. The Bertz CT molecular complexity index is 523. The minimum atomic E-state index is -0.552. The zero-order valence-electron chi connectivity index (χ0n) is 12.3. The van der Waals surface area contributed by atoms with E-state index >= 15 is 0 Å². The monoisotopic (exact) mass is 293 g/mol. The number of methoxy groups -OCH3 is 2. The molecule has 21 heavy (non-hydrogen) atoms. The first kappa shape index (κ1) is 15.2. The molecule has 0 N–H and O–H groups in total. The maximum Gasteiger partial charge on any atom is 0.338 e. The number of carbonyl (C=O) groups is 2. The van der Waals surface area contributed by atoms with Crippen molar-refractivity contribution in [3.05, 3.63) is 23.8 Å². The van der Waals surface area contributed by atoms with Gasteiger partial charge in [-0.1, -0.05) is 0 Å². The molecular weight excluding hydrogens is 274 g/mol. The molecule has 0 aromatic heterocycles. The van der Waals surface area contributed by atoms with Crippen molar-refractivity contribution in [2.24, 2.45) is 0 Å². The second-order valence-corrected chi connectivity index (χ2v) is 4.73. The highest BCUT2D eigenvalue weighted by Gasteiger charge is 2.20. The van der Waals surface area contributed by atoms with E-state index in [4.69, 9.17) is 14.2 Å². The molecule has 114 valence electrons. The summed E-state index contributed by atoms with van der Waals surface area (Å²) in [7, 11) is 3.01. The first-order valence-electron chi connectivity index (χ1n) is 6.82. The molecule has 0 aliphatic carbocycles. The van der Waals surface area contributed by atoms with Gasteiger partial charge in [-0.25, -0.2) is 4.79 Å². The van der Waals surface area contributed by atoms with Gasteiger partial charge in [-0.05, 0) is 31.0 Å². The van der Waals surface area contributed by atoms with Gasteiger partial charge in [0.15, 0.2) is 18.1 Å². The van der Waals surface area contributed by atoms with Crippen LogP contribution in [0.4, 0.5) is 0 Å². The Kier molecular flexibility index (Phi) is 5.03. The fourth-order valence-corrected chi connectivity index (χ4v) is 2.23. The molecule has 6 heteroatoms. The lowest BCUT2D eigenvalue weighted by atomic mass is 10.2. The zero-order chi connectivity index (χ0) is 15.2. The summed E-state index contributed by atoms with van der Waals surface area (Å²) in [5.41, 5.74) is 0.321. The Balaban J connectivity index is 1.95. The van der Waals surface area contributed by atoms with Gasteiger partial charge >= 0.3 is 5.97 Å². The molecule has 1 fully saturated rings. The molecule has 1 saturated heterocycles. The standard InChI is InChI=1S/C15H19NO5/c1-19-12-6-5-11(9-13(12)20-2)15(18)21-10-14(17)16-7-3-4-8-16/h5-6,9H,3-4,7-8,10H2,1-2H3. The molecule has 0 unspecified atom stereocenters. The van der Waals surface area contributed by atoms with Gasteiger partial charge in [0, 0.05) is 13.1 Å². The van der Waals surface area contributed by atoms with Crippen LogP contribution in [0.2, 0.25) is 0 Å². The van der Waals surface area contributed by atoms with E-state index in [0.29, 0.717) is 17.1 Å². The van der Waals surface area contributed by atoms with Crippen LogP contribution in [0.1, 0.15) is 23.2 Å². The smallest absolute Gasteiger partial charge is 0.338 e. The van der Waals surface area contributed by atoms with Crippen molar-refractivity contribution in [2.45, 2.75) is 12.8 Å². The van der Waals surface area contributed by atoms with E-state index in [1.807, 2.05) is 0 Å². The van der Waals surface area contributed by atoms with E-state index in [0.717, 1.165) is 25.9 Å². The van der Waals surface area contributed by atoms with Crippen LogP contribution in [-0.4, -0.2) is 50.7 Å². The number of amides is 1. The predicted octanol–water partition coefficient (Wildman–Crippen LogP) is 1.48. The third-order valence-electron chi connectivity index (χ3n) is 3.40. The molecule has 1 heterocycles. The maximum atomic E-state index is 11.9. The molecular formula is C15H19NO5. The highest BCUT2D eigenvalue weighted by molar-refractivity contribution is 5.92. The minimum Gasteiger partial charge on any atom is -0.493 e. The summed E-state index contributed by atoms with van der Waals surface area (Å²) >= 11 is 0. The predicted molar refractivity (Wildman–Crippen MR) is 75.6 cm³/mol. The second kappa shape index (κ2) is 6.97. The SMILES string of the molecule is COc1ccc(C(=O)OCC(=O)N2CCCC2)cc1OC. The number of hydrogen-bond donors (Lipinski definition) is 0. The van der Waals surface area contributed by atoms with Crippen LogP contribution in [0.3, 0.4) is 0 Å². The highest BCUT2D eigenvalue weighted by Crippen LogP contribution is 2.27. The highest BCUT2D eigenvalue weighted by atomic mass is 16.5. The summed E-state index contributed by atoms with van der Waals surface area (Å²) in [6.45, 7) is 1.26. The average Bonchev–Trinajstić information content (AvgIpc) is 3.06. The molecule has 1 amide bonds. The van der Waals surface area contributed by atoms with Crippen LogP contribution in [0.5, 0.6) is 11.5 Å². The van der Waals surface area contributed by atoms with Gasteiger partial charge in [0.2, 0.25) is 0 Å². The van der Waals surface area contributed by atoms with Crippen LogP contribution in [0.25, 0.3) is 0 Å². The minimum absolute atomic E-state index is 0.152. The van der Waals surface area contributed by atoms with E-state index < -0.39 is 5.97 Å². The fourth-order valence-electron chi connectivity index (χ4n) is 2.23. The number of hydrogen-bond acceptors (Lipinski definition) is 5. The summed E-state index contributed by atoms with van der Waals surface area (Å²) in [6, 6.07) is 4.73. The molecule has 1 aliphatic rings. The molecule has 0 saturated carbocycles. The van der Waals surface area contributed by atoms with E-state index in [2.05, 4.69) is 0 Å². The Morgan fingerprint density at radius 3 is 2.38 bits per heavy atom. The quantitative estimate of drug-likeness (QED) is 0.769. The molecule has 1 aromatic carbocycles. The van der Waals surface area contributed by atoms with Crippen molar-refractivity contribution in [2.75, 3.05) is 33.9 Å². The lowest BCUT2D eigenvalue weighted by molar-refractivity contribution is -0.133. The normalized spacial score (nSPS) is 13.9. The van der Waals surface area contributed by atoms with Gasteiger partial charge in [0.25, 0.3) is 5.91 Å². The van der Waals surface area contributed by atoms with Crippen LogP contribution in [-0.2, 0) is 9.53 Å². The topological polar surface area (TPSA) is 65.1 Å². The number of benzene rings is 1. The van der Waals surface area contributed by atoms with E-state index in [-0.39, 0.29) is 12.5 Å². The lowest BCUT2D eigenvalue weighted by Crippen LogP contribution is -2.32. The molecule has 1 aromatic rings. The molecule has 0 atom stereocenters. The lowest BCUT2D eigenvalue weighted by Gasteiger charge is -2.15. The number of likely N-dealkylation sites (tertiary alicyclic amines) is 1. The molecule has 6 nitrogen and oxygen atoms in total. The maximum absolute atomic E-state index is 11.9. The number of esters is 1. The Labute approximate surface area is 123 Å². The Morgan fingerprint density at radius 1 is 1.10 bits per heavy atom. The number of ether oxygens (including phenoxy) is 3. The summed E-state index contributed by atoms with van der Waals surface area (Å²) in [6.07, 6.45) is 2.02. The average molecular weight is 293 g/mol. The summed E-state index contributed by atoms with van der Waals surface area (Å²) < 4.78 is 15.3. The molecule has 0 spiro atoms. The van der Waals surface area contributed by atoms with Gasteiger partial charge in [-0.3, -0.25) is 4.79 Å². The number of rotatable bonds is 5. The van der Waals surface area contributed by atoms with Crippen molar-refractivity contribution in [3.8, 4) is 11.5 Å². The van der Waals surface area contributed by atoms with Crippen molar-refractivity contribution >= 4 is 11.9 Å². The first-order chi connectivity index (χ1) is 10.2. The number of nitrogens with zero attached hydrogens (tertiary/aromatic N) is 1. The third-order valence-corrected chi connectivity index (χ3v) is 3.40. The van der Waals surface area contributed by atoms with Gasteiger partial charge in [0.05, 0.1) is 19.8 Å². The number of carbonyl (C=O) groups excluding carboxylic acids is 2. The van der Waals surface area contributed by atoms with Crippen molar-refractivity contribution in [1.29, 1.82) is 0 Å². The Morgan fingerprint density at radius 2 is 1.76 bits per heavy atom. The summed E-state index contributed by atoms with van der Waals surface area (Å²) in [4.78, 5) is 25.5. The van der Waals surface area contributed by atoms with Crippen molar-refractivity contribution in [3.63, 3.8) is 0 Å². The van der Waals surface area contributed by atoms with Crippen molar-refractivity contribution < 1.29 is 23.8 Å². The largest absolute Gasteiger partial charge is 0.493 e. The van der Waals surface area contributed by atoms with Crippen LogP contribution in [0, 0.1) is 0 Å². The molecule has 2 rings (SSSR count). The van der Waals surface area contributed by atoms with Crippen molar-refractivity contribution in [1.82, 2.24) is 4.90 Å². The zero-order valence-corrected chi connectivity index (χ0v) is 12.3. The van der Waals surface area contributed by atoms with E-state index in [1.165, 1.54) is 20.3 Å². The van der Waals surface area contributed by atoms with Gasteiger partial charge in [-0.2, -0.15) is 0 Å². The van der Waals surface area contributed by atoms with E-state index in [9.17, 15) is 9.59 Å². The molecule has 0 radical (unpaired) electrons.